The van der Waals surface area contributed by atoms with Crippen LogP contribution in [0.5, 0.6) is 0 Å². The summed E-state index contributed by atoms with van der Waals surface area (Å²) in [6.45, 7) is 1.79. The van der Waals surface area contributed by atoms with E-state index in [0.29, 0.717) is 22.9 Å². The van der Waals surface area contributed by atoms with Crippen LogP contribution in [0, 0.1) is 6.92 Å². The van der Waals surface area contributed by atoms with Crippen LogP contribution in [0.1, 0.15) is 16.2 Å². The van der Waals surface area contributed by atoms with E-state index >= 15 is 0 Å². The molecule has 0 spiro atoms. The normalized spacial score (nSPS) is 10.5. The van der Waals surface area contributed by atoms with Gasteiger partial charge in [0, 0.05) is 20.3 Å². The molecule has 0 fully saturated rings. The summed E-state index contributed by atoms with van der Waals surface area (Å²) < 4.78 is 3.04. The van der Waals surface area contributed by atoms with E-state index in [4.69, 9.17) is 5.73 Å². The van der Waals surface area contributed by atoms with Crippen LogP contribution in [-0.4, -0.2) is 25.5 Å². The van der Waals surface area contributed by atoms with E-state index in [1.807, 2.05) is 0 Å². The van der Waals surface area contributed by atoms with E-state index in [2.05, 4.69) is 15.5 Å². The monoisotopic (exact) mass is 234 g/mol. The van der Waals surface area contributed by atoms with Gasteiger partial charge in [0.2, 0.25) is 0 Å². The van der Waals surface area contributed by atoms with Gasteiger partial charge in [-0.15, -0.1) is 0 Å². The van der Waals surface area contributed by atoms with E-state index in [0.717, 1.165) is 0 Å². The highest BCUT2D eigenvalue weighted by atomic mass is 16.2. The lowest BCUT2D eigenvalue weighted by atomic mass is 10.3. The number of anilines is 2. The van der Waals surface area contributed by atoms with Gasteiger partial charge < -0.3 is 11.1 Å². The van der Waals surface area contributed by atoms with Gasteiger partial charge >= 0.3 is 0 Å². The molecule has 0 unspecified atom stereocenters. The lowest BCUT2D eigenvalue weighted by Crippen LogP contribution is -2.18. The van der Waals surface area contributed by atoms with Gasteiger partial charge in [0.25, 0.3) is 5.91 Å². The Balaban J connectivity index is 2.28. The molecule has 2 heterocycles. The Morgan fingerprint density at radius 1 is 1.41 bits per heavy atom. The first kappa shape index (κ1) is 11.2. The molecule has 90 valence electrons. The summed E-state index contributed by atoms with van der Waals surface area (Å²) in [6.07, 6.45) is 1.56. The number of hydrogen-bond donors (Lipinski definition) is 2. The second-order valence-electron chi connectivity index (χ2n) is 3.77. The molecule has 2 aromatic heterocycles. The Kier molecular flexibility index (Phi) is 2.58. The van der Waals surface area contributed by atoms with Crippen LogP contribution in [0.3, 0.4) is 0 Å². The summed E-state index contributed by atoms with van der Waals surface area (Å²) in [4.78, 5) is 11.9. The predicted octanol–water partition coefficient (Wildman–Crippen LogP) is 0.297. The fourth-order valence-corrected chi connectivity index (χ4v) is 1.59. The van der Waals surface area contributed by atoms with Gasteiger partial charge in [0.05, 0.1) is 11.4 Å². The van der Waals surface area contributed by atoms with Gasteiger partial charge in [0.1, 0.15) is 5.69 Å². The van der Waals surface area contributed by atoms with Crippen LogP contribution in [-0.2, 0) is 14.1 Å². The molecule has 0 bridgehead atoms. The SMILES string of the molecule is Cc1nn(C)c(NC(=O)c2ccnn2C)c1N. The standard InChI is InChI=1S/C10H14N6O/c1-6-8(11)9(16(3)14-6)13-10(17)7-4-5-12-15(7)2/h4-5H,11H2,1-3H3,(H,13,17). The van der Waals surface area contributed by atoms with Gasteiger partial charge in [-0.3, -0.25) is 14.2 Å². The van der Waals surface area contributed by atoms with E-state index < -0.39 is 0 Å². The number of aromatic nitrogens is 4. The van der Waals surface area contributed by atoms with Gasteiger partial charge in [0.15, 0.2) is 5.82 Å². The highest BCUT2D eigenvalue weighted by Gasteiger charge is 2.15. The number of rotatable bonds is 2. The quantitative estimate of drug-likeness (QED) is 0.781. The smallest absolute Gasteiger partial charge is 0.275 e. The van der Waals surface area contributed by atoms with Crippen LogP contribution in [0.2, 0.25) is 0 Å². The molecular weight excluding hydrogens is 220 g/mol. The van der Waals surface area contributed by atoms with E-state index in [9.17, 15) is 4.79 Å². The largest absolute Gasteiger partial charge is 0.394 e. The number of hydrogen-bond acceptors (Lipinski definition) is 4. The summed E-state index contributed by atoms with van der Waals surface area (Å²) in [5.41, 5.74) is 7.45. The molecule has 0 aliphatic rings. The molecule has 0 aliphatic heterocycles. The molecule has 3 N–H and O–H groups in total. The molecule has 2 rings (SSSR count). The minimum atomic E-state index is -0.264. The molecule has 1 amide bonds. The minimum Gasteiger partial charge on any atom is -0.394 e. The highest BCUT2D eigenvalue weighted by Crippen LogP contribution is 2.21. The minimum absolute atomic E-state index is 0.264. The molecule has 0 aromatic carbocycles. The molecule has 7 heteroatoms. The molecule has 0 atom stereocenters. The van der Waals surface area contributed by atoms with Crippen LogP contribution in [0.15, 0.2) is 12.3 Å². The van der Waals surface area contributed by atoms with Gasteiger partial charge in [-0.1, -0.05) is 0 Å². The van der Waals surface area contributed by atoms with Crippen molar-refractivity contribution >= 4 is 17.4 Å². The van der Waals surface area contributed by atoms with Gasteiger partial charge in [-0.2, -0.15) is 10.2 Å². The molecule has 17 heavy (non-hydrogen) atoms. The van der Waals surface area contributed by atoms with Crippen molar-refractivity contribution in [3.8, 4) is 0 Å². The number of nitrogens with zero attached hydrogens (tertiary/aromatic N) is 4. The first-order valence-electron chi connectivity index (χ1n) is 5.09. The average Bonchev–Trinajstić information content (AvgIpc) is 2.78. The number of aryl methyl sites for hydroxylation is 3. The Morgan fingerprint density at radius 3 is 2.59 bits per heavy atom. The van der Waals surface area contributed by atoms with Crippen molar-refractivity contribution in [3.05, 3.63) is 23.7 Å². The Labute approximate surface area is 98.2 Å². The number of nitrogens with one attached hydrogen (secondary N) is 1. The van der Waals surface area contributed by atoms with E-state index in [-0.39, 0.29) is 5.91 Å². The summed E-state index contributed by atoms with van der Waals surface area (Å²) in [7, 11) is 3.43. The molecular formula is C10H14N6O. The Hall–Kier alpha value is -2.31. The zero-order valence-corrected chi connectivity index (χ0v) is 9.93. The summed E-state index contributed by atoms with van der Waals surface area (Å²) >= 11 is 0. The number of nitrogen functional groups attached to an aromatic ring is 1. The van der Waals surface area contributed by atoms with Crippen molar-refractivity contribution in [2.45, 2.75) is 6.92 Å². The Morgan fingerprint density at radius 2 is 2.12 bits per heavy atom. The fourth-order valence-electron chi connectivity index (χ4n) is 1.59. The zero-order valence-electron chi connectivity index (χ0n) is 9.93. The predicted molar refractivity (Wildman–Crippen MR) is 63.5 cm³/mol. The van der Waals surface area contributed by atoms with Crippen LogP contribution >= 0.6 is 0 Å². The number of carbonyl (C=O) groups excluding carboxylic acids is 1. The van der Waals surface area contributed by atoms with Crippen molar-refractivity contribution in [1.29, 1.82) is 0 Å². The first-order chi connectivity index (χ1) is 8.00. The lowest BCUT2D eigenvalue weighted by Gasteiger charge is -2.06. The maximum absolute atomic E-state index is 11.9. The number of carbonyl (C=O) groups is 1. The van der Waals surface area contributed by atoms with E-state index in [1.54, 1.807) is 38.0 Å². The number of amides is 1. The molecule has 2 aromatic rings. The zero-order chi connectivity index (χ0) is 12.6. The molecule has 7 nitrogen and oxygen atoms in total. The summed E-state index contributed by atoms with van der Waals surface area (Å²) in [5.74, 6) is 0.230. The third kappa shape index (κ3) is 1.86. The third-order valence-electron chi connectivity index (χ3n) is 2.55. The van der Waals surface area contributed by atoms with Crippen molar-refractivity contribution in [2.24, 2.45) is 14.1 Å². The highest BCUT2D eigenvalue weighted by molar-refractivity contribution is 6.04. The van der Waals surface area contributed by atoms with E-state index in [1.165, 1.54) is 4.68 Å². The second kappa shape index (κ2) is 3.93. The molecule has 0 saturated carbocycles. The van der Waals surface area contributed by atoms with Gasteiger partial charge in [-0.25, -0.2) is 0 Å². The van der Waals surface area contributed by atoms with Crippen molar-refractivity contribution in [2.75, 3.05) is 11.1 Å². The van der Waals surface area contributed by atoms with Crippen LogP contribution < -0.4 is 11.1 Å². The molecule has 0 aliphatic carbocycles. The maximum atomic E-state index is 11.9. The molecule has 0 saturated heterocycles. The van der Waals surface area contributed by atoms with Gasteiger partial charge in [-0.05, 0) is 13.0 Å². The maximum Gasteiger partial charge on any atom is 0.275 e. The topological polar surface area (TPSA) is 90.8 Å². The van der Waals surface area contributed by atoms with Crippen molar-refractivity contribution in [1.82, 2.24) is 19.6 Å². The molecule has 0 radical (unpaired) electrons. The summed E-state index contributed by atoms with van der Waals surface area (Å²) in [5, 5.41) is 10.8. The first-order valence-corrected chi connectivity index (χ1v) is 5.09. The second-order valence-corrected chi connectivity index (χ2v) is 3.77. The third-order valence-corrected chi connectivity index (χ3v) is 2.55. The Bertz CT molecular complexity index is 567. The lowest BCUT2D eigenvalue weighted by molar-refractivity contribution is 0.101. The van der Waals surface area contributed by atoms with Crippen molar-refractivity contribution in [3.63, 3.8) is 0 Å². The van der Waals surface area contributed by atoms with Crippen LogP contribution in [0.25, 0.3) is 0 Å². The number of nitrogens with two attached hydrogens (primary N) is 1. The summed E-state index contributed by atoms with van der Waals surface area (Å²) in [6, 6.07) is 1.63. The fraction of sp³-hybridized carbons (Fsp3) is 0.300. The van der Waals surface area contributed by atoms with Crippen molar-refractivity contribution < 1.29 is 4.79 Å². The van der Waals surface area contributed by atoms with Crippen LogP contribution in [0.4, 0.5) is 11.5 Å². The average molecular weight is 234 g/mol.